The Balaban J connectivity index is 1.58. The number of benzene rings is 3. The zero-order valence-corrected chi connectivity index (χ0v) is 15.3. The van der Waals surface area contributed by atoms with Crippen molar-refractivity contribution in [3.05, 3.63) is 84.4 Å². The summed E-state index contributed by atoms with van der Waals surface area (Å²) in [6.07, 6.45) is 0. The molecular weight excluding hydrogens is 334 g/mol. The molecule has 3 aromatic carbocycles. The van der Waals surface area contributed by atoms with E-state index in [-0.39, 0.29) is 0 Å². The summed E-state index contributed by atoms with van der Waals surface area (Å²) < 4.78 is 6.14. The van der Waals surface area contributed by atoms with Crippen LogP contribution in [0.15, 0.2) is 78.9 Å². The smallest absolute Gasteiger partial charge is 0.143 e. The summed E-state index contributed by atoms with van der Waals surface area (Å²) in [6.45, 7) is 4.28. The lowest BCUT2D eigenvalue weighted by molar-refractivity contribution is 0.308. The maximum absolute atomic E-state index is 6.14. The highest BCUT2D eigenvalue weighted by Crippen LogP contribution is 2.33. The van der Waals surface area contributed by atoms with E-state index in [9.17, 15) is 0 Å². The van der Waals surface area contributed by atoms with Crippen LogP contribution in [0.2, 0.25) is 0 Å². The highest BCUT2D eigenvalue weighted by Gasteiger charge is 2.14. The molecule has 0 amide bonds. The van der Waals surface area contributed by atoms with Crippen LogP contribution >= 0.6 is 0 Å². The fourth-order valence-electron chi connectivity index (χ4n) is 3.22. The number of anilines is 3. The summed E-state index contributed by atoms with van der Waals surface area (Å²) in [5.41, 5.74) is 4.39. The molecule has 1 fully saturated rings. The number of rotatable bonds is 6. The van der Waals surface area contributed by atoms with Crippen molar-refractivity contribution in [3.63, 3.8) is 0 Å². The first-order chi connectivity index (χ1) is 13.4. The summed E-state index contributed by atoms with van der Waals surface area (Å²) in [6, 6.07) is 26.8. The Morgan fingerprint density at radius 3 is 2.30 bits per heavy atom. The monoisotopic (exact) mass is 358 g/mol. The number of para-hydroxylation sites is 1. The molecular formula is C23H24N3O. The van der Waals surface area contributed by atoms with Crippen molar-refractivity contribution >= 4 is 17.1 Å². The van der Waals surface area contributed by atoms with E-state index in [0.29, 0.717) is 6.61 Å². The van der Waals surface area contributed by atoms with Crippen molar-refractivity contribution in [1.29, 1.82) is 0 Å². The first-order valence-corrected chi connectivity index (χ1v) is 9.39. The van der Waals surface area contributed by atoms with Gasteiger partial charge < -0.3 is 15.0 Å². The van der Waals surface area contributed by atoms with Crippen molar-refractivity contribution in [3.8, 4) is 5.75 Å². The quantitative estimate of drug-likeness (QED) is 0.708. The van der Waals surface area contributed by atoms with Gasteiger partial charge in [0.05, 0.1) is 5.69 Å². The normalized spacial score (nSPS) is 14.0. The van der Waals surface area contributed by atoms with Gasteiger partial charge in [-0.15, -0.1) is 0 Å². The van der Waals surface area contributed by atoms with Gasteiger partial charge in [-0.25, -0.2) is 5.32 Å². The van der Waals surface area contributed by atoms with Crippen LogP contribution in [0.3, 0.4) is 0 Å². The number of hydrogen-bond acceptors (Lipinski definition) is 3. The molecule has 1 aliphatic rings. The first kappa shape index (κ1) is 17.4. The SMILES string of the molecule is c1ccc(COc2ccc(N3CC[N]CC3)cc2Nc2ccccc2)cc1. The molecule has 0 atom stereocenters. The molecule has 1 saturated heterocycles. The van der Waals surface area contributed by atoms with Gasteiger partial charge in [0.2, 0.25) is 0 Å². The molecule has 0 bridgehead atoms. The third-order valence-corrected chi connectivity index (χ3v) is 4.67. The molecule has 1 N–H and O–H groups in total. The third-order valence-electron chi connectivity index (χ3n) is 4.67. The van der Waals surface area contributed by atoms with Crippen LogP contribution in [0.1, 0.15) is 5.56 Å². The molecule has 3 aromatic rings. The average molecular weight is 358 g/mol. The van der Waals surface area contributed by atoms with Gasteiger partial charge >= 0.3 is 0 Å². The second kappa shape index (κ2) is 8.60. The predicted molar refractivity (Wildman–Crippen MR) is 111 cm³/mol. The predicted octanol–water partition coefficient (Wildman–Crippen LogP) is 4.43. The molecule has 0 unspecified atom stereocenters. The average Bonchev–Trinajstić information content (AvgIpc) is 2.75. The Morgan fingerprint density at radius 2 is 1.56 bits per heavy atom. The Morgan fingerprint density at radius 1 is 0.852 bits per heavy atom. The number of nitrogens with one attached hydrogen (secondary N) is 1. The number of ether oxygens (including phenoxy) is 1. The molecule has 0 saturated carbocycles. The minimum absolute atomic E-state index is 0.548. The standard InChI is InChI=1S/C23H24N3O/c1-3-7-19(8-4-1)18-27-23-12-11-21(26-15-13-24-14-16-26)17-22(23)25-20-9-5-2-6-10-20/h1-12,17,25H,13-16,18H2. The van der Waals surface area contributed by atoms with Gasteiger partial charge in [0.25, 0.3) is 0 Å². The summed E-state index contributed by atoms with van der Waals surface area (Å²) in [5, 5.41) is 7.95. The van der Waals surface area contributed by atoms with Crippen LogP contribution in [0.25, 0.3) is 0 Å². The minimum Gasteiger partial charge on any atom is -0.487 e. The van der Waals surface area contributed by atoms with E-state index in [1.54, 1.807) is 0 Å². The maximum Gasteiger partial charge on any atom is 0.143 e. The van der Waals surface area contributed by atoms with E-state index in [1.807, 2.05) is 36.4 Å². The minimum atomic E-state index is 0.548. The van der Waals surface area contributed by atoms with E-state index in [2.05, 4.69) is 58.0 Å². The molecule has 1 aliphatic heterocycles. The van der Waals surface area contributed by atoms with Crippen LogP contribution in [0, 0.1) is 0 Å². The number of piperazine rings is 1. The summed E-state index contributed by atoms with van der Waals surface area (Å²) in [5.74, 6) is 0.855. The molecule has 1 heterocycles. The first-order valence-electron chi connectivity index (χ1n) is 9.39. The van der Waals surface area contributed by atoms with Crippen LogP contribution in [0.4, 0.5) is 17.1 Å². The Hall–Kier alpha value is -2.98. The Labute approximate surface area is 160 Å². The highest BCUT2D eigenvalue weighted by molar-refractivity contribution is 5.71. The molecule has 137 valence electrons. The molecule has 1 radical (unpaired) electrons. The van der Waals surface area contributed by atoms with Crippen LogP contribution < -0.4 is 20.3 Å². The van der Waals surface area contributed by atoms with E-state index in [0.717, 1.165) is 48.9 Å². The molecule has 0 aliphatic carbocycles. The van der Waals surface area contributed by atoms with Gasteiger partial charge in [-0.2, -0.15) is 0 Å². The van der Waals surface area contributed by atoms with E-state index in [4.69, 9.17) is 4.74 Å². The molecule has 4 nitrogen and oxygen atoms in total. The van der Waals surface area contributed by atoms with Gasteiger partial charge in [0.15, 0.2) is 0 Å². The van der Waals surface area contributed by atoms with Gasteiger partial charge in [-0.05, 0) is 35.9 Å². The highest BCUT2D eigenvalue weighted by atomic mass is 16.5. The van der Waals surface area contributed by atoms with E-state index < -0.39 is 0 Å². The van der Waals surface area contributed by atoms with Crippen LogP contribution in [-0.2, 0) is 6.61 Å². The topological polar surface area (TPSA) is 38.6 Å². The second-order valence-corrected chi connectivity index (χ2v) is 6.60. The molecule has 4 heteroatoms. The second-order valence-electron chi connectivity index (χ2n) is 6.60. The number of hydrogen-bond donors (Lipinski definition) is 1. The van der Waals surface area contributed by atoms with Gasteiger partial charge in [0.1, 0.15) is 12.4 Å². The van der Waals surface area contributed by atoms with Crippen molar-refractivity contribution in [2.75, 3.05) is 36.4 Å². The molecule has 0 aromatic heterocycles. The fraction of sp³-hybridized carbons (Fsp3) is 0.217. The zero-order valence-electron chi connectivity index (χ0n) is 15.3. The molecule has 4 rings (SSSR count). The third kappa shape index (κ3) is 4.60. The fourth-order valence-corrected chi connectivity index (χ4v) is 3.22. The van der Waals surface area contributed by atoms with Crippen molar-refractivity contribution < 1.29 is 4.74 Å². The van der Waals surface area contributed by atoms with E-state index >= 15 is 0 Å². The van der Waals surface area contributed by atoms with Crippen molar-refractivity contribution in [2.45, 2.75) is 6.61 Å². The van der Waals surface area contributed by atoms with Crippen molar-refractivity contribution in [2.24, 2.45) is 0 Å². The van der Waals surface area contributed by atoms with Gasteiger partial charge in [-0.1, -0.05) is 48.5 Å². The lowest BCUT2D eigenvalue weighted by Crippen LogP contribution is -2.40. The van der Waals surface area contributed by atoms with Crippen LogP contribution in [-0.4, -0.2) is 26.2 Å². The summed E-state index contributed by atoms with van der Waals surface area (Å²) in [7, 11) is 0. The van der Waals surface area contributed by atoms with Gasteiger partial charge in [0, 0.05) is 37.6 Å². The zero-order chi connectivity index (χ0) is 18.3. The largest absolute Gasteiger partial charge is 0.487 e. The van der Waals surface area contributed by atoms with Crippen molar-refractivity contribution in [1.82, 2.24) is 5.32 Å². The van der Waals surface area contributed by atoms with Crippen LogP contribution in [0.5, 0.6) is 5.75 Å². The number of nitrogens with zero attached hydrogens (tertiary/aromatic N) is 2. The van der Waals surface area contributed by atoms with Gasteiger partial charge in [-0.3, -0.25) is 0 Å². The maximum atomic E-state index is 6.14. The molecule has 0 spiro atoms. The Bertz CT molecular complexity index is 846. The lowest BCUT2D eigenvalue weighted by Gasteiger charge is -2.29. The summed E-state index contributed by atoms with van der Waals surface area (Å²) in [4.78, 5) is 2.38. The Kier molecular flexibility index (Phi) is 5.56. The lowest BCUT2D eigenvalue weighted by atomic mass is 10.2. The summed E-state index contributed by atoms with van der Waals surface area (Å²) >= 11 is 0. The van der Waals surface area contributed by atoms with E-state index in [1.165, 1.54) is 5.69 Å². The molecule has 27 heavy (non-hydrogen) atoms.